The summed E-state index contributed by atoms with van der Waals surface area (Å²) in [6.45, 7) is 0. The molecule has 0 radical (unpaired) electrons. The number of nitrogens with one attached hydrogen (secondary N) is 1. The summed E-state index contributed by atoms with van der Waals surface area (Å²) in [5, 5.41) is 13.4. The second-order valence-electron chi connectivity index (χ2n) is 4.03. The van der Waals surface area contributed by atoms with E-state index in [-0.39, 0.29) is 11.3 Å². The first-order chi connectivity index (χ1) is 9.86. The number of rotatable bonds is 3. The molecule has 0 bridgehead atoms. The van der Waals surface area contributed by atoms with Gasteiger partial charge in [0, 0.05) is 25.7 Å². The smallest absolute Gasteiger partial charge is 0.271 e. The highest BCUT2D eigenvalue weighted by Crippen LogP contribution is 2.24. The Morgan fingerprint density at radius 2 is 2.00 bits per heavy atom. The highest BCUT2D eigenvalue weighted by molar-refractivity contribution is 14.1. The van der Waals surface area contributed by atoms with Gasteiger partial charge in [0.05, 0.1) is 10.6 Å². The topological polar surface area (TPSA) is 72.2 Å². The number of anilines is 1. The third-order valence-corrected chi connectivity index (χ3v) is 3.89. The summed E-state index contributed by atoms with van der Waals surface area (Å²) in [4.78, 5) is 22.3. The lowest BCUT2D eigenvalue weighted by Gasteiger charge is -2.08. The van der Waals surface area contributed by atoms with Crippen LogP contribution in [0.4, 0.5) is 15.8 Å². The van der Waals surface area contributed by atoms with E-state index in [4.69, 9.17) is 0 Å². The summed E-state index contributed by atoms with van der Waals surface area (Å²) in [6, 6.07) is 7.88. The molecule has 2 aromatic carbocycles. The molecule has 0 unspecified atom stereocenters. The molecule has 1 amide bonds. The first-order valence-electron chi connectivity index (χ1n) is 5.58. The van der Waals surface area contributed by atoms with Gasteiger partial charge in [0.2, 0.25) is 0 Å². The van der Waals surface area contributed by atoms with Crippen molar-refractivity contribution in [1.82, 2.24) is 0 Å². The van der Waals surface area contributed by atoms with Crippen molar-refractivity contribution in [3.63, 3.8) is 0 Å². The van der Waals surface area contributed by atoms with Crippen molar-refractivity contribution in [3.8, 4) is 0 Å². The fourth-order valence-corrected chi connectivity index (χ4v) is 2.69. The molecule has 0 spiro atoms. The monoisotopic (exact) mass is 464 g/mol. The van der Waals surface area contributed by atoms with E-state index in [1.807, 2.05) is 22.6 Å². The van der Waals surface area contributed by atoms with Crippen LogP contribution in [0.3, 0.4) is 0 Å². The minimum Gasteiger partial charge on any atom is -0.321 e. The van der Waals surface area contributed by atoms with E-state index in [9.17, 15) is 19.3 Å². The van der Waals surface area contributed by atoms with Gasteiger partial charge >= 0.3 is 0 Å². The molecule has 0 fully saturated rings. The first kappa shape index (κ1) is 15.8. The lowest BCUT2D eigenvalue weighted by molar-refractivity contribution is -0.384. The van der Waals surface area contributed by atoms with Gasteiger partial charge < -0.3 is 5.32 Å². The molecule has 5 nitrogen and oxygen atoms in total. The number of halogens is 3. The molecule has 2 aromatic rings. The Morgan fingerprint density at radius 3 is 2.62 bits per heavy atom. The van der Waals surface area contributed by atoms with Gasteiger partial charge in [-0.1, -0.05) is 15.9 Å². The van der Waals surface area contributed by atoms with Gasteiger partial charge in [-0.2, -0.15) is 0 Å². The quantitative estimate of drug-likeness (QED) is 0.417. The highest BCUT2D eigenvalue weighted by atomic mass is 127. The Labute approximate surface area is 141 Å². The summed E-state index contributed by atoms with van der Waals surface area (Å²) in [6.07, 6.45) is 0. The van der Waals surface area contributed by atoms with Crippen molar-refractivity contribution >= 4 is 55.8 Å². The molecular weight excluding hydrogens is 458 g/mol. The van der Waals surface area contributed by atoms with Crippen molar-refractivity contribution in [2.75, 3.05) is 5.32 Å². The molecule has 0 aliphatic heterocycles. The number of carbonyl (C=O) groups excluding carboxylic acids is 1. The number of non-ortho nitro benzene ring substituents is 1. The minimum absolute atomic E-state index is 0.135. The molecule has 0 saturated carbocycles. The fraction of sp³-hybridized carbons (Fsp3) is 0. The average molecular weight is 465 g/mol. The van der Waals surface area contributed by atoms with Gasteiger partial charge in [-0.05, 0) is 46.9 Å². The van der Waals surface area contributed by atoms with E-state index < -0.39 is 16.6 Å². The van der Waals surface area contributed by atoms with E-state index in [0.717, 1.165) is 0 Å². The number of amides is 1. The lowest BCUT2D eigenvalue weighted by Crippen LogP contribution is -2.13. The molecule has 1 N–H and O–H groups in total. The van der Waals surface area contributed by atoms with Crippen molar-refractivity contribution in [2.45, 2.75) is 0 Å². The molecule has 0 saturated heterocycles. The largest absolute Gasteiger partial charge is 0.321 e. The predicted molar refractivity (Wildman–Crippen MR) is 87.9 cm³/mol. The van der Waals surface area contributed by atoms with E-state index in [1.54, 1.807) is 0 Å². The first-order valence-corrected chi connectivity index (χ1v) is 7.45. The Bertz CT molecular complexity index is 739. The molecule has 108 valence electrons. The van der Waals surface area contributed by atoms with Crippen LogP contribution in [-0.2, 0) is 0 Å². The summed E-state index contributed by atoms with van der Waals surface area (Å²) in [7, 11) is 0. The summed E-state index contributed by atoms with van der Waals surface area (Å²) < 4.78 is 14.0. The van der Waals surface area contributed by atoms with Crippen LogP contribution in [0.2, 0.25) is 0 Å². The average Bonchev–Trinajstić information content (AvgIpc) is 2.41. The second-order valence-corrected chi connectivity index (χ2v) is 6.11. The highest BCUT2D eigenvalue weighted by Gasteiger charge is 2.15. The number of nitro benzene ring substituents is 1. The fourth-order valence-electron chi connectivity index (χ4n) is 1.60. The van der Waals surface area contributed by atoms with Crippen LogP contribution in [-0.4, -0.2) is 10.8 Å². The summed E-state index contributed by atoms with van der Waals surface area (Å²) in [5.41, 5.74) is 0.379. The maximum atomic E-state index is 13.0. The maximum Gasteiger partial charge on any atom is 0.271 e. The van der Waals surface area contributed by atoms with E-state index >= 15 is 0 Å². The minimum atomic E-state index is -0.580. The normalized spacial score (nSPS) is 10.2. The number of nitro groups is 1. The van der Waals surface area contributed by atoms with Gasteiger partial charge in [-0.15, -0.1) is 0 Å². The lowest BCUT2D eigenvalue weighted by atomic mass is 10.2. The summed E-state index contributed by atoms with van der Waals surface area (Å²) in [5.74, 6) is -0.917. The number of hydrogen-bond acceptors (Lipinski definition) is 3. The Kier molecular flexibility index (Phi) is 4.88. The molecule has 0 aromatic heterocycles. The SMILES string of the molecule is O=C(Nc1ccc(F)cc1I)c1cc(Br)cc([N+](=O)[O-])c1. The molecule has 2 rings (SSSR count). The predicted octanol–water partition coefficient (Wildman–Crippen LogP) is 4.35. The molecule has 8 heteroatoms. The van der Waals surface area contributed by atoms with Gasteiger partial charge in [0.25, 0.3) is 11.6 Å². The van der Waals surface area contributed by atoms with Crippen molar-refractivity contribution in [2.24, 2.45) is 0 Å². The van der Waals surface area contributed by atoms with Crippen LogP contribution in [0.5, 0.6) is 0 Å². The van der Waals surface area contributed by atoms with E-state index in [2.05, 4.69) is 21.2 Å². The molecule has 21 heavy (non-hydrogen) atoms. The van der Waals surface area contributed by atoms with Gasteiger partial charge in [-0.3, -0.25) is 14.9 Å². The van der Waals surface area contributed by atoms with Crippen LogP contribution in [0, 0.1) is 19.5 Å². The third kappa shape index (κ3) is 3.97. The zero-order valence-corrected chi connectivity index (χ0v) is 14.0. The Morgan fingerprint density at radius 1 is 1.29 bits per heavy atom. The van der Waals surface area contributed by atoms with Crippen LogP contribution in [0.1, 0.15) is 10.4 Å². The standard InChI is InChI=1S/C13H7BrFIN2O3/c14-8-3-7(4-10(5-8)18(20)21)13(19)17-12-2-1-9(15)6-11(12)16/h1-6H,(H,17,19). The number of carbonyl (C=O) groups is 1. The second kappa shape index (κ2) is 6.48. The Hall–Kier alpha value is -1.55. The van der Waals surface area contributed by atoms with Crippen molar-refractivity contribution in [3.05, 3.63) is 65.9 Å². The van der Waals surface area contributed by atoms with Gasteiger partial charge in [0.1, 0.15) is 5.82 Å². The summed E-state index contributed by atoms with van der Waals surface area (Å²) >= 11 is 5.01. The zero-order valence-electron chi connectivity index (χ0n) is 10.3. The van der Waals surface area contributed by atoms with Gasteiger partial charge in [-0.25, -0.2) is 4.39 Å². The number of nitrogens with zero attached hydrogens (tertiary/aromatic N) is 1. The third-order valence-electron chi connectivity index (χ3n) is 2.53. The number of benzene rings is 2. The van der Waals surface area contributed by atoms with Crippen LogP contribution >= 0.6 is 38.5 Å². The molecule has 0 aliphatic rings. The molecular formula is C13H7BrFIN2O3. The van der Waals surface area contributed by atoms with Crippen LogP contribution in [0.15, 0.2) is 40.9 Å². The van der Waals surface area contributed by atoms with E-state index in [1.165, 1.54) is 36.4 Å². The van der Waals surface area contributed by atoms with Crippen molar-refractivity contribution < 1.29 is 14.1 Å². The van der Waals surface area contributed by atoms with Crippen molar-refractivity contribution in [1.29, 1.82) is 0 Å². The molecule has 0 aliphatic carbocycles. The number of hydrogen-bond donors (Lipinski definition) is 1. The van der Waals surface area contributed by atoms with Crippen LogP contribution < -0.4 is 5.32 Å². The van der Waals surface area contributed by atoms with Gasteiger partial charge in [0.15, 0.2) is 0 Å². The Balaban J connectivity index is 2.30. The zero-order chi connectivity index (χ0) is 15.6. The van der Waals surface area contributed by atoms with E-state index in [0.29, 0.717) is 13.7 Å². The maximum absolute atomic E-state index is 13.0. The van der Waals surface area contributed by atoms with Crippen LogP contribution in [0.25, 0.3) is 0 Å². The molecule has 0 heterocycles. The molecule has 0 atom stereocenters.